The summed E-state index contributed by atoms with van der Waals surface area (Å²) in [5, 5.41) is 0. The maximum atomic E-state index is 13.4. The SMILES string of the molecule is CC12CN(Cc3ccccc3)C(=O)C1c1cccc(OCc3ccccc3)c1CO2. The minimum atomic E-state index is -0.517. The Bertz CT molecular complexity index is 1050. The van der Waals surface area contributed by atoms with Crippen LogP contribution in [0, 0.1) is 0 Å². The van der Waals surface area contributed by atoms with E-state index in [4.69, 9.17) is 9.47 Å². The average Bonchev–Trinajstić information content (AvgIpc) is 3.03. The molecule has 0 aliphatic carbocycles. The molecule has 1 saturated heterocycles. The highest BCUT2D eigenvalue weighted by Crippen LogP contribution is 2.47. The molecule has 2 heterocycles. The maximum absolute atomic E-state index is 13.4. The number of nitrogens with zero attached hydrogens (tertiary/aromatic N) is 1. The zero-order valence-corrected chi connectivity index (χ0v) is 17.1. The third kappa shape index (κ3) is 3.37. The van der Waals surface area contributed by atoms with Crippen molar-refractivity contribution in [3.63, 3.8) is 0 Å². The molecule has 0 saturated carbocycles. The molecule has 4 heteroatoms. The highest BCUT2D eigenvalue weighted by molar-refractivity contribution is 5.89. The Hall–Kier alpha value is -3.11. The highest BCUT2D eigenvalue weighted by Gasteiger charge is 2.53. The molecule has 3 aromatic rings. The van der Waals surface area contributed by atoms with Crippen molar-refractivity contribution in [2.75, 3.05) is 6.54 Å². The number of carbonyl (C=O) groups excluding carboxylic acids is 1. The van der Waals surface area contributed by atoms with E-state index in [0.717, 1.165) is 28.0 Å². The first kappa shape index (κ1) is 18.9. The minimum absolute atomic E-state index is 0.127. The summed E-state index contributed by atoms with van der Waals surface area (Å²) in [6, 6.07) is 26.2. The van der Waals surface area contributed by atoms with Crippen molar-refractivity contribution in [1.29, 1.82) is 0 Å². The van der Waals surface area contributed by atoms with Crippen molar-refractivity contribution in [1.82, 2.24) is 4.90 Å². The fraction of sp³-hybridized carbons (Fsp3) is 0.269. The first-order chi connectivity index (χ1) is 14.6. The van der Waals surface area contributed by atoms with Crippen molar-refractivity contribution in [3.8, 4) is 5.75 Å². The summed E-state index contributed by atoms with van der Waals surface area (Å²) in [6.07, 6.45) is 0. The molecule has 2 aliphatic rings. The first-order valence-electron chi connectivity index (χ1n) is 10.4. The molecule has 2 unspecified atom stereocenters. The lowest BCUT2D eigenvalue weighted by Gasteiger charge is -2.36. The van der Waals surface area contributed by atoms with Gasteiger partial charge in [0.1, 0.15) is 12.4 Å². The number of carbonyl (C=O) groups is 1. The van der Waals surface area contributed by atoms with E-state index in [-0.39, 0.29) is 11.8 Å². The fourth-order valence-corrected chi connectivity index (χ4v) is 4.64. The number of hydrogen-bond donors (Lipinski definition) is 0. The predicted octanol–water partition coefficient (Wildman–Crippen LogP) is 4.68. The van der Waals surface area contributed by atoms with Crippen LogP contribution in [0.2, 0.25) is 0 Å². The van der Waals surface area contributed by atoms with Gasteiger partial charge < -0.3 is 14.4 Å². The van der Waals surface area contributed by atoms with Gasteiger partial charge in [0, 0.05) is 12.1 Å². The average molecular weight is 399 g/mol. The molecule has 0 radical (unpaired) electrons. The molecule has 152 valence electrons. The Morgan fingerprint density at radius 3 is 2.40 bits per heavy atom. The first-order valence-corrected chi connectivity index (χ1v) is 10.4. The molecular formula is C26H25NO3. The number of fused-ring (bicyclic) bond motifs is 3. The molecule has 2 aliphatic heterocycles. The topological polar surface area (TPSA) is 38.8 Å². The van der Waals surface area contributed by atoms with E-state index in [1.807, 2.05) is 65.6 Å². The second kappa shape index (κ2) is 7.62. The van der Waals surface area contributed by atoms with E-state index in [9.17, 15) is 4.79 Å². The standard InChI is InChI=1S/C26H25NO3/c1-26-18-27(15-19-9-4-2-5-10-19)25(28)24(26)21-13-8-14-23(22(21)17-30-26)29-16-20-11-6-3-7-12-20/h2-14,24H,15-18H2,1H3. The summed E-state index contributed by atoms with van der Waals surface area (Å²) >= 11 is 0. The van der Waals surface area contributed by atoms with Gasteiger partial charge in [-0.1, -0.05) is 72.8 Å². The van der Waals surface area contributed by atoms with E-state index in [1.54, 1.807) is 0 Å². The second-order valence-electron chi connectivity index (χ2n) is 8.31. The Labute approximate surface area is 177 Å². The van der Waals surface area contributed by atoms with E-state index >= 15 is 0 Å². The van der Waals surface area contributed by atoms with Crippen LogP contribution < -0.4 is 4.74 Å². The second-order valence-corrected chi connectivity index (χ2v) is 8.31. The summed E-state index contributed by atoms with van der Waals surface area (Å²) in [5.41, 5.74) is 3.76. The molecule has 1 fully saturated rings. The van der Waals surface area contributed by atoms with Gasteiger partial charge in [-0.2, -0.15) is 0 Å². The Kier molecular flexibility index (Phi) is 4.80. The van der Waals surface area contributed by atoms with Gasteiger partial charge in [-0.05, 0) is 29.7 Å². The van der Waals surface area contributed by atoms with Gasteiger partial charge >= 0.3 is 0 Å². The van der Waals surface area contributed by atoms with Crippen LogP contribution >= 0.6 is 0 Å². The zero-order chi connectivity index (χ0) is 20.6. The van der Waals surface area contributed by atoms with Gasteiger partial charge in [0.05, 0.1) is 24.7 Å². The molecule has 30 heavy (non-hydrogen) atoms. The zero-order valence-electron chi connectivity index (χ0n) is 17.1. The van der Waals surface area contributed by atoms with Crippen molar-refractivity contribution in [2.45, 2.75) is 38.2 Å². The number of ether oxygens (including phenoxy) is 2. The normalized spacial score (nSPS) is 22.5. The lowest BCUT2D eigenvalue weighted by atomic mass is 9.81. The van der Waals surface area contributed by atoms with Crippen LogP contribution in [-0.4, -0.2) is 23.0 Å². The van der Waals surface area contributed by atoms with Crippen LogP contribution in [0.4, 0.5) is 0 Å². The van der Waals surface area contributed by atoms with Crippen LogP contribution in [0.3, 0.4) is 0 Å². The maximum Gasteiger partial charge on any atom is 0.233 e. The van der Waals surface area contributed by atoms with Crippen LogP contribution in [0.15, 0.2) is 78.9 Å². The molecule has 0 N–H and O–H groups in total. The Balaban J connectivity index is 1.41. The summed E-state index contributed by atoms with van der Waals surface area (Å²) in [6.45, 7) is 4.21. The van der Waals surface area contributed by atoms with Gasteiger partial charge in [0.15, 0.2) is 0 Å². The molecule has 0 spiro atoms. The lowest BCUT2D eigenvalue weighted by molar-refractivity contribution is -0.131. The summed E-state index contributed by atoms with van der Waals surface area (Å²) < 4.78 is 12.4. The molecule has 0 aromatic heterocycles. The van der Waals surface area contributed by atoms with Crippen molar-refractivity contribution >= 4 is 5.91 Å². The van der Waals surface area contributed by atoms with Gasteiger partial charge in [0.2, 0.25) is 5.91 Å². The van der Waals surface area contributed by atoms with E-state index in [0.29, 0.717) is 26.3 Å². The molecular weight excluding hydrogens is 374 g/mol. The van der Waals surface area contributed by atoms with Gasteiger partial charge in [-0.25, -0.2) is 0 Å². The summed E-state index contributed by atoms with van der Waals surface area (Å²) in [4.78, 5) is 15.3. The van der Waals surface area contributed by atoms with Crippen molar-refractivity contribution in [2.24, 2.45) is 0 Å². The van der Waals surface area contributed by atoms with Crippen molar-refractivity contribution in [3.05, 3.63) is 101 Å². The van der Waals surface area contributed by atoms with Crippen LogP contribution in [0.25, 0.3) is 0 Å². The number of amides is 1. The molecule has 5 rings (SSSR count). The smallest absolute Gasteiger partial charge is 0.233 e. The van der Waals surface area contributed by atoms with Crippen LogP contribution in [0.5, 0.6) is 5.75 Å². The fourth-order valence-electron chi connectivity index (χ4n) is 4.64. The number of benzene rings is 3. The van der Waals surface area contributed by atoms with E-state index < -0.39 is 5.60 Å². The Morgan fingerprint density at radius 2 is 1.67 bits per heavy atom. The van der Waals surface area contributed by atoms with E-state index in [1.165, 1.54) is 0 Å². The highest BCUT2D eigenvalue weighted by atomic mass is 16.5. The van der Waals surface area contributed by atoms with Gasteiger partial charge in [-0.15, -0.1) is 0 Å². The van der Waals surface area contributed by atoms with Crippen LogP contribution in [0.1, 0.15) is 35.1 Å². The summed E-state index contributed by atoms with van der Waals surface area (Å²) in [7, 11) is 0. The largest absolute Gasteiger partial charge is 0.489 e. The monoisotopic (exact) mass is 399 g/mol. The molecule has 0 bridgehead atoms. The van der Waals surface area contributed by atoms with Gasteiger partial charge in [0.25, 0.3) is 0 Å². The molecule has 4 nitrogen and oxygen atoms in total. The summed E-state index contributed by atoms with van der Waals surface area (Å²) in [5.74, 6) is 0.625. The third-order valence-corrected chi connectivity index (χ3v) is 6.15. The molecule has 1 amide bonds. The quantitative estimate of drug-likeness (QED) is 0.625. The molecule has 2 atom stereocenters. The molecule has 3 aromatic carbocycles. The minimum Gasteiger partial charge on any atom is -0.489 e. The third-order valence-electron chi connectivity index (χ3n) is 6.15. The van der Waals surface area contributed by atoms with Gasteiger partial charge in [-0.3, -0.25) is 4.79 Å². The van der Waals surface area contributed by atoms with Crippen LogP contribution in [-0.2, 0) is 29.3 Å². The Morgan fingerprint density at radius 1 is 0.967 bits per heavy atom. The number of likely N-dealkylation sites (tertiary alicyclic amines) is 1. The number of rotatable bonds is 5. The van der Waals surface area contributed by atoms with E-state index in [2.05, 4.69) is 25.1 Å². The van der Waals surface area contributed by atoms with Crippen molar-refractivity contribution < 1.29 is 14.3 Å². The number of hydrogen-bond acceptors (Lipinski definition) is 3. The predicted molar refractivity (Wildman–Crippen MR) is 115 cm³/mol. The lowest BCUT2D eigenvalue weighted by Crippen LogP contribution is -2.40.